The largest absolute Gasteiger partial charge is 0.483 e. The molecule has 7 atom stereocenters. The van der Waals surface area contributed by atoms with Crippen LogP contribution in [0.2, 0.25) is 5.02 Å². The molecular formula is C38H27ClF3N3O5S2. The Balaban J connectivity index is 1.05. The molecule has 2 aliphatic heterocycles. The minimum atomic E-state index is -4.64. The van der Waals surface area contributed by atoms with Gasteiger partial charge in [0, 0.05) is 37.7 Å². The van der Waals surface area contributed by atoms with Crippen molar-refractivity contribution >= 4 is 74.6 Å². The minimum Gasteiger partial charge on any atom is -0.483 e. The highest BCUT2D eigenvalue weighted by molar-refractivity contribution is 8.00. The van der Waals surface area contributed by atoms with E-state index in [0.29, 0.717) is 33.5 Å². The molecule has 2 saturated carbocycles. The number of H-pyrrole nitrogens is 1. The summed E-state index contributed by atoms with van der Waals surface area (Å²) in [6.45, 7) is -0.320. The number of aromatic amines is 1. The number of benzene rings is 4. The SMILES string of the molecule is O=C(COc1ccc(Cl)cc1[C@H]1c2sc(=O)[nH]c2SC2C3CC(C4C(=O)N(c5cccc(C(F)(F)F)c5)C(=O)C34)C21)Nc1cccc2ccccc12. The van der Waals surface area contributed by atoms with Gasteiger partial charge < -0.3 is 15.0 Å². The Bertz CT molecular complexity index is 2370. The molecule has 1 saturated heterocycles. The Kier molecular flexibility index (Phi) is 7.83. The van der Waals surface area contributed by atoms with Crippen molar-refractivity contribution in [1.82, 2.24) is 4.98 Å². The molecule has 3 heterocycles. The summed E-state index contributed by atoms with van der Waals surface area (Å²) in [7, 11) is 0. The van der Waals surface area contributed by atoms with Crippen molar-refractivity contribution in [3.05, 3.63) is 116 Å². The number of amides is 3. The standard InChI is InChI=1S/C38H27ClF3N3O5S2/c39-19-11-12-26(50-16-27(46)43-25-10-3-6-17-5-1-2-9-21(17)25)22(14-19)28-29-23-15-24(32(29)51-34-33(28)52-37(49)44-34)31-30(23)35(47)45(36(31)48)20-8-4-7-18(13-20)38(40,41)42/h1-14,23-24,28-32H,15-16H2,(H,43,46)(H,44,49)/t23?,24?,28-,29?,30?,31?,32?/m1/s1. The van der Waals surface area contributed by atoms with Crippen LogP contribution in [0.15, 0.2) is 94.7 Å². The molecular weight excluding hydrogens is 735 g/mol. The first-order valence-corrected chi connectivity index (χ1v) is 18.7. The third-order valence-corrected chi connectivity index (χ3v) is 13.7. The number of imide groups is 1. The van der Waals surface area contributed by atoms with Gasteiger partial charge >= 0.3 is 11.0 Å². The maximum absolute atomic E-state index is 14.1. The van der Waals surface area contributed by atoms with Crippen LogP contribution in [0.3, 0.4) is 0 Å². The Hall–Kier alpha value is -4.59. The van der Waals surface area contributed by atoms with Crippen molar-refractivity contribution in [2.24, 2.45) is 29.6 Å². The second kappa shape index (κ2) is 12.2. The lowest BCUT2D eigenvalue weighted by molar-refractivity contribution is -0.137. The van der Waals surface area contributed by atoms with Gasteiger partial charge in [-0.05, 0) is 72.0 Å². The van der Waals surface area contributed by atoms with Crippen molar-refractivity contribution in [2.75, 3.05) is 16.8 Å². The number of rotatable bonds is 6. The molecule has 6 unspecified atom stereocenters. The van der Waals surface area contributed by atoms with E-state index in [-0.39, 0.29) is 46.1 Å². The number of anilines is 2. The van der Waals surface area contributed by atoms with Crippen LogP contribution in [-0.2, 0) is 20.6 Å². The first-order valence-electron chi connectivity index (χ1n) is 16.6. The van der Waals surface area contributed by atoms with E-state index in [1.165, 1.54) is 23.9 Å². The molecule has 3 fully saturated rings. The van der Waals surface area contributed by atoms with Gasteiger partial charge in [-0.15, -0.1) is 11.8 Å². The number of thiazole rings is 1. The summed E-state index contributed by atoms with van der Waals surface area (Å²) >= 11 is 9.13. The van der Waals surface area contributed by atoms with E-state index in [1.54, 1.807) is 18.2 Å². The number of ether oxygens (including phenoxy) is 1. The molecule has 8 nitrogen and oxygen atoms in total. The smallest absolute Gasteiger partial charge is 0.416 e. The van der Waals surface area contributed by atoms with Crippen LogP contribution in [0.25, 0.3) is 10.8 Å². The molecule has 0 radical (unpaired) electrons. The highest BCUT2D eigenvalue weighted by Crippen LogP contribution is 2.69. The molecule has 264 valence electrons. The lowest BCUT2D eigenvalue weighted by Crippen LogP contribution is -2.42. The zero-order valence-electron chi connectivity index (χ0n) is 26.9. The van der Waals surface area contributed by atoms with Crippen LogP contribution in [0, 0.1) is 29.6 Å². The average molecular weight is 762 g/mol. The Labute approximate surface area is 307 Å². The van der Waals surface area contributed by atoms with Gasteiger partial charge in [-0.1, -0.05) is 65.4 Å². The van der Waals surface area contributed by atoms with Crippen molar-refractivity contribution in [3.63, 3.8) is 0 Å². The molecule has 5 aromatic rings. The van der Waals surface area contributed by atoms with Crippen molar-refractivity contribution in [1.29, 1.82) is 0 Å². The fourth-order valence-electron chi connectivity index (χ4n) is 9.00. The summed E-state index contributed by atoms with van der Waals surface area (Å²) < 4.78 is 47.0. The van der Waals surface area contributed by atoms with Crippen LogP contribution >= 0.6 is 34.7 Å². The van der Waals surface area contributed by atoms with Gasteiger partial charge in [-0.25, -0.2) is 0 Å². The number of carbonyl (C=O) groups excluding carboxylic acids is 3. The van der Waals surface area contributed by atoms with Gasteiger partial charge in [-0.3, -0.25) is 24.1 Å². The maximum atomic E-state index is 14.1. The van der Waals surface area contributed by atoms with E-state index in [1.807, 2.05) is 42.5 Å². The lowest BCUT2D eigenvalue weighted by atomic mass is 9.68. The molecule has 14 heteroatoms. The predicted molar refractivity (Wildman–Crippen MR) is 192 cm³/mol. The van der Waals surface area contributed by atoms with Crippen LogP contribution in [0.1, 0.15) is 28.3 Å². The fourth-order valence-corrected chi connectivity index (χ4v) is 12.1. The number of alkyl halides is 3. The van der Waals surface area contributed by atoms with Crippen LogP contribution in [0.4, 0.5) is 24.5 Å². The van der Waals surface area contributed by atoms with Gasteiger partial charge in [0.25, 0.3) is 5.91 Å². The monoisotopic (exact) mass is 761 g/mol. The molecule has 1 aromatic heterocycles. The predicted octanol–water partition coefficient (Wildman–Crippen LogP) is 7.96. The summed E-state index contributed by atoms with van der Waals surface area (Å²) in [4.78, 5) is 58.5. The number of aromatic nitrogens is 1. The van der Waals surface area contributed by atoms with Crippen LogP contribution in [-0.4, -0.2) is 34.6 Å². The van der Waals surface area contributed by atoms with E-state index in [4.69, 9.17) is 16.3 Å². The fraction of sp³-hybridized carbons (Fsp3) is 0.263. The number of nitrogens with zero attached hydrogens (tertiary/aromatic N) is 1. The molecule has 2 bridgehead atoms. The number of hydrogen-bond acceptors (Lipinski definition) is 7. The molecule has 4 aromatic carbocycles. The number of thioether (sulfide) groups is 1. The first kappa shape index (κ1) is 33.3. The van der Waals surface area contributed by atoms with E-state index >= 15 is 0 Å². The topological polar surface area (TPSA) is 109 Å². The van der Waals surface area contributed by atoms with Crippen molar-refractivity contribution in [2.45, 2.75) is 28.8 Å². The Morgan fingerprint density at radius 1 is 0.942 bits per heavy atom. The molecule has 4 aliphatic rings. The zero-order chi connectivity index (χ0) is 36.1. The third kappa shape index (κ3) is 5.27. The number of fused-ring (bicyclic) bond motifs is 10. The van der Waals surface area contributed by atoms with Gasteiger partial charge in [0.15, 0.2) is 6.61 Å². The Morgan fingerprint density at radius 2 is 1.69 bits per heavy atom. The van der Waals surface area contributed by atoms with E-state index in [0.717, 1.165) is 44.0 Å². The van der Waals surface area contributed by atoms with E-state index in [2.05, 4.69) is 10.3 Å². The highest BCUT2D eigenvalue weighted by atomic mass is 35.5. The normalized spacial score (nSPS) is 26.0. The summed E-state index contributed by atoms with van der Waals surface area (Å²) in [5.74, 6) is -3.70. The quantitative estimate of drug-likeness (QED) is 0.170. The van der Waals surface area contributed by atoms with Gasteiger partial charge in [0.05, 0.1) is 28.1 Å². The molecule has 52 heavy (non-hydrogen) atoms. The first-order chi connectivity index (χ1) is 25.0. The van der Waals surface area contributed by atoms with Gasteiger partial charge in [0.2, 0.25) is 11.8 Å². The van der Waals surface area contributed by atoms with E-state index in [9.17, 15) is 32.3 Å². The van der Waals surface area contributed by atoms with Crippen molar-refractivity contribution < 1.29 is 32.3 Å². The number of nitrogens with one attached hydrogen (secondary N) is 2. The third-order valence-electron chi connectivity index (χ3n) is 10.9. The molecule has 2 N–H and O–H groups in total. The number of hydrogen-bond donors (Lipinski definition) is 2. The number of carbonyl (C=O) groups is 3. The maximum Gasteiger partial charge on any atom is 0.416 e. The molecule has 3 amide bonds. The second-order valence-electron chi connectivity index (χ2n) is 13.6. The Morgan fingerprint density at radius 3 is 2.50 bits per heavy atom. The van der Waals surface area contributed by atoms with Gasteiger partial charge in [-0.2, -0.15) is 13.2 Å². The van der Waals surface area contributed by atoms with Crippen LogP contribution < -0.4 is 19.8 Å². The highest BCUT2D eigenvalue weighted by Gasteiger charge is 2.70. The summed E-state index contributed by atoms with van der Waals surface area (Å²) in [5.41, 5.74) is 0.250. The van der Waals surface area contributed by atoms with Gasteiger partial charge in [0.1, 0.15) is 5.75 Å². The lowest BCUT2D eigenvalue weighted by Gasteiger charge is -2.43. The van der Waals surface area contributed by atoms with E-state index < -0.39 is 41.3 Å². The molecule has 9 rings (SSSR count). The average Bonchev–Trinajstić information content (AvgIpc) is 3.86. The summed E-state index contributed by atoms with van der Waals surface area (Å²) in [6.07, 6.45) is -4.07. The number of halogens is 4. The minimum absolute atomic E-state index is 0.0958. The second-order valence-corrected chi connectivity index (χ2v) is 16.2. The van der Waals surface area contributed by atoms with Crippen LogP contribution in [0.5, 0.6) is 5.75 Å². The zero-order valence-corrected chi connectivity index (χ0v) is 29.2. The van der Waals surface area contributed by atoms with Crippen molar-refractivity contribution in [3.8, 4) is 5.75 Å². The summed E-state index contributed by atoms with van der Waals surface area (Å²) in [5, 5.41) is 5.67. The molecule has 2 aliphatic carbocycles. The molecule has 0 spiro atoms. The summed E-state index contributed by atoms with van der Waals surface area (Å²) in [6, 6.07) is 22.7.